The lowest BCUT2D eigenvalue weighted by atomic mass is 9.92. The summed E-state index contributed by atoms with van der Waals surface area (Å²) in [6.07, 6.45) is 8.14. The first-order valence-corrected chi connectivity index (χ1v) is 11.1. The first-order chi connectivity index (χ1) is 12.9. The third-order valence-electron chi connectivity index (χ3n) is 4.71. The number of aromatic nitrogens is 1. The van der Waals surface area contributed by atoms with Crippen LogP contribution in [0.25, 0.3) is 0 Å². The summed E-state index contributed by atoms with van der Waals surface area (Å²) in [4.78, 5) is 27.1. The number of carbonyl (C=O) groups excluding carboxylic acids is 1. The second-order valence-electron chi connectivity index (χ2n) is 7.03. The van der Waals surface area contributed by atoms with Gasteiger partial charge in [-0.25, -0.2) is 9.78 Å². The summed E-state index contributed by atoms with van der Waals surface area (Å²) < 4.78 is 0.727. The predicted molar refractivity (Wildman–Crippen MR) is 109 cm³/mol. The van der Waals surface area contributed by atoms with E-state index in [9.17, 15) is 14.7 Å². The molecule has 1 aliphatic rings. The number of aromatic carboxylic acids is 1. The molecule has 5 nitrogen and oxygen atoms in total. The number of carboxylic acids is 1. The molecule has 0 aromatic carbocycles. The SMILES string of the molecule is C=C(C)CC[C@H](O)C/C=C/[C@@H]1CCC(=O)[C@@H]1CCSc1nc(C(=O)O)cs1. The van der Waals surface area contributed by atoms with Crippen LogP contribution in [-0.2, 0) is 4.79 Å². The van der Waals surface area contributed by atoms with Crippen molar-refractivity contribution in [2.24, 2.45) is 11.8 Å². The molecule has 7 heteroatoms. The zero-order chi connectivity index (χ0) is 19.8. The third kappa shape index (κ3) is 7.24. The minimum atomic E-state index is -1.01. The van der Waals surface area contributed by atoms with Crippen LogP contribution in [-0.4, -0.2) is 38.8 Å². The van der Waals surface area contributed by atoms with E-state index in [1.807, 2.05) is 13.0 Å². The largest absolute Gasteiger partial charge is 0.476 e. The average molecular weight is 410 g/mol. The maximum atomic E-state index is 12.2. The van der Waals surface area contributed by atoms with Gasteiger partial charge in [0.05, 0.1) is 6.10 Å². The van der Waals surface area contributed by atoms with E-state index in [-0.39, 0.29) is 23.6 Å². The maximum absolute atomic E-state index is 12.2. The van der Waals surface area contributed by atoms with Gasteiger partial charge in [-0.15, -0.1) is 17.9 Å². The van der Waals surface area contributed by atoms with E-state index in [0.29, 0.717) is 18.6 Å². The molecule has 0 aliphatic heterocycles. The molecule has 1 aromatic rings. The Balaban J connectivity index is 1.78. The highest BCUT2D eigenvalue weighted by atomic mass is 32.2. The van der Waals surface area contributed by atoms with Gasteiger partial charge in [0.15, 0.2) is 10.0 Å². The van der Waals surface area contributed by atoms with Gasteiger partial charge in [-0.05, 0) is 44.9 Å². The number of carboxylic acid groups (broad SMARTS) is 1. The molecule has 1 saturated carbocycles. The second kappa shape index (κ2) is 10.8. The van der Waals surface area contributed by atoms with Gasteiger partial charge in [0.25, 0.3) is 0 Å². The van der Waals surface area contributed by atoms with Crippen LogP contribution in [0.3, 0.4) is 0 Å². The number of hydrogen-bond donors (Lipinski definition) is 2. The van der Waals surface area contributed by atoms with Crippen molar-refractivity contribution in [3.63, 3.8) is 0 Å². The van der Waals surface area contributed by atoms with Gasteiger partial charge in [0, 0.05) is 23.5 Å². The molecule has 1 heterocycles. The number of aliphatic hydroxyl groups is 1. The van der Waals surface area contributed by atoms with Gasteiger partial charge in [-0.2, -0.15) is 0 Å². The molecular formula is C20H27NO4S2. The highest BCUT2D eigenvalue weighted by molar-refractivity contribution is 8.01. The topological polar surface area (TPSA) is 87.5 Å². The lowest BCUT2D eigenvalue weighted by Gasteiger charge is -2.14. The summed E-state index contributed by atoms with van der Waals surface area (Å²) in [5, 5.41) is 20.4. The standard InChI is InChI=1S/C20H27NO4S2/c1-13(2)6-8-15(22)5-3-4-14-7-9-18(23)16(14)10-11-26-20-21-17(12-27-20)19(24)25/h3-4,12,14-16,22H,1,5-11H2,2H3,(H,24,25)/b4-3+/t14-,15-,16-/m1/s1. The van der Waals surface area contributed by atoms with Crippen molar-refractivity contribution in [2.75, 3.05) is 5.75 Å². The van der Waals surface area contributed by atoms with Gasteiger partial charge in [-0.3, -0.25) is 4.79 Å². The van der Waals surface area contributed by atoms with Gasteiger partial charge in [0.1, 0.15) is 5.78 Å². The number of carbonyl (C=O) groups is 2. The van der Waals surface area contributed by atoms with E-state index < -0.39 is 5.97 Å². The monoisotopic (exact) mass is 409 g/mol. The Kier molecular flexibility index (Phi) is 8.73. The van der Waals surface area contributed by atoms with Crippen molar-refractivity contribution in [3.8, 4) is 0 Å². The first-order valence-electron chi connectivity index (χ1n) is 9.20. The number of rotatable bonds is 11. The highest BCUT2D eigenvalue weighted by Crippen LogP contribution is 2.34. The molecule has 27 heavy (non-hydrogen) atoms. The van der Waals surface area contributed by atoms with Crippen molar-refractivity contribution in [1.29, 1.82) is 0 Å². The van der Waals surface area contributed by atoms with Crippen molar-refractivity contribution in [1.82, 2.24) is 4.98 Å². The van der Waals surface area contributed by atoms with Crippen molar-refractivity contribution in [3.05, 3.63) is 35.4 Å². The summed E-state index contributed by atoms with van der Waals surface area (Å²) in [5.41, 5.74) is 1.15. The first kappa shape index (κ1) is 21.9. The number of allylic oxidation sites excluding steroid dienone is 2. The summed E-state index contributed by atoms with van der Waals surface area (Å²) in [6, 6.07) is 0. The van der Waals surface area contributed by atoms with Crippen LogP contribution in [0.1, 0.15) is 55.9 Å². The van der Waals surface area contributed by atoms with E-state index >= 15 is 0 Å². The van der Waals surface area contributed by atoms with Crippen LogP contribution in [0.4, 0.5) is 0 Å². The Morgan fingerprint density at radius 2 is 2.33 bits per heavy atom. The molecular weight excluding hydrogens is 382 g/mol. The molecule has 0 unspecified atom stereocenters. The Hall–Kier alpha value is -1.44. The molecule has 0 saturated heterocycles. The number of aliphatic hydroxyl groups excluding tert-OH is 1. The molecule has 0 radical (unpaired) electrons. The van der Waals surface area contributed by atoms with Gasteiger partial charge < -0.3 is 10.2 Å². The van der Waals surface area contributed by atoms with E-state index in [0.717, 1.165) is 41.3 Å². The van der Waals surface area contributed by atoms with Gasteiger partial charge >= 0.3 is 5.97 Å². The lowest BCUT2D eigenvalue weighted by Crippen LogP contribution is -2.14. The molecule has 1 aliphatic carbocycles. The molecule has 0 spiro atoms. The lowest BCUT2D eigenvalue weighted by molar-refractivity contribution is -0.121. The zero-order valence-electron chi connectivity index (χ0n) is 15.6. The molecule has 148 valence electrons. The van der Waals surface area contributed by atoms with Crippen LogP contribution < -0.4 is 0 Å². The Morgan fingerprint density at radius 3 is 3.00 bits per heavy atom. The molecule has 1 fully saturated rings. The quantitative estimate of drug-likeness (QED) is 0.411. The summed E-state index contributed by atoms with van der Waals surface area (Å²) in [5.74, 6) is 0.282. The van der Waals surface area contributed by atoms with E-state index in [2.05, 4.69) is 17.6 Å². The van der Waals surface area contributed by atoms with Crippen molar-refractivity contribution in [2.45, 2.75) is 55.9 Å². The van der Waals surface area contributed by atoms with Crippen LogP contribution in [0.2, 0.25) is 0 Å². The Morgan fingerprint density at radius 1 is 1.56 bits per heavy atom. The van der Waals surface area contributed by atoms with Crippen LogP contribution in [0.5, 0.6) is 0 Å². The number of ketones is 1. The van der Waals surface area contributed by atoms with Gasteiger partial charge in [0.2, 0.25) is 0 Å². The summed E-state index contributed by atoms with van der Waals surface area (Å²) >= 11 is 2.83. The number of hydrogen-bond acceptors (Lipinski definition) is 6. The molecule has 2 rings (SSSR count). The predicted octanol–water partition coefficient (Wildman–Crippen LogP) is 4.58. The highest BCUT2D eigenvalue weighted by Gasteiger charge is 2.32. The number of thioether (sulfide) groups is 1. The Labute approximate surface area is 168 Å². The average Bonchev–Trinajstić information content (AvgIpc) is 3.21. The number of nitrogens with zero attached hydrogens (tertiary/aromatic N) is 1. The molecule has 3 atom stereocenters. The van der Waals surface area contributed by atoms with Crippen molar-refractivity contribution >= 4 is 34.9 Å². The fourth-order valence-electron chi connectivity index (χ4n) is 3.18. The Bertz CT molecular complexity index is 698. The minimum absolute atomic E-state index is 0.0141. The van der Waals surface area contributed by atoms with E-state index in [1.165, 1.54) is 28.5 Å². The second-order valence-corrected chi connectivity index (χ2v) is 9.23. The van der Waals surface area contributed by atoms with E-state index in [1.54, 1.807) is 0 Å². The fourth-order valence-corrected chi connectivity index (χ4v) is 5.07. The fraction of sp³-hybridized carbons (Fsp3) is 0.550. The molecule has 1 aromatic heterocycles. The molecule has 0 bridgehead atoms. The summed E-state index contributed by atoms with van der Waals surface area (Å²) in [6.45, 7) is 5.81. The van der Waals surface area contributed by atoms with Crippen molar-refractivity contribution < 1.29 is 19.8 Å². The molecule has 0 amide bonds. The zero-order valence-corrected chi connectivity index (χ0v) is 17.2. The number of Topliss-reactive ketones (excluding diaryl/α,β-unsaturated/α-hetero) is 1. The van der Waals surface area contributed by atoms with Crippen LogP contribution >= 0.6 is 23.1 Å². The van der Waals surface area contributed by atoms with E-state index in [4.69, 9.17) is 5.11 Å². The van der Waals surface area contributed by atoms with Gasteiger partial charge in [-0.1, -0.05) is 29.5 Å². The normalized spacial score (nSPS) is 21.0. The number of thiazole rings is 1. The van der Waals surface area contributed by atoms with Crippen LogP contribution in [0.15, 0.2) is 34.0 Å². The minimum Gasteiger partial charge on any atom is -0.476 e. The third-order valence-corrected chi connectivity index (χ3v) is 6.76. The summed E-state index contributed by atoms with van der Waals surface area (Å²) in [7, 11) is 0. The smallest absolute Gasteiger partial charge is 0.355 e. The maximum Gasteiger partial charge on any atom is 0.355 e. The van der Waals surface area contributed by atoms with Crippen LogP contribution in [0, 0.1) is 11.8 Å². The molecule has 2 N–H and O–H groups in total.